The largest absolute Gasteiger partial charge is 0.497 e. The van der Waals surface area contributed by atoms with Crippen molar-refractivity contribution in [3.63, 3.8) is 0 Å². The number of carbonyl (C=O) groups is 4. The summed E-state index contributed by atoms with van der Waals surface area (Å²) in [7, 11) is 4.81. The summed E-state index contributed by atoms with van der Waals surface area (Å²) in [6, 6.07) is 31.7. The number of fused-ring (bicyclic) bond motifs is 1. The monoisotopic (exact) mass is 652 g/mol. The van der Waals surface area contributed by atoms with Crippen molar-refractivity contribution in [3.05, 3.63) is 131 Å². The lowest BCUT2D eigenvalue weighted by molar-refractivity contribution is 0.0734. The van der Waals surface area contributed by atoms with E-state index in [0.717, 1.165) is 27.8 Å². The maximum absolute atomic E-state index is 12.0. The molecule has 0 fully saturated rings. The number of rotatable bonds is 8. The zero-order chi connectivity index (χ0) is 33.6. The van der Waals surface area contributed by atoms with Crippen molar-refractivity contribution < 1.29 is 38.1 Å². The zero-order valence-corrected chi connectivity index (χ0v) is 26.7. The smallest absolute Gasteiger partial charge is 0.343 e. The topological polar surface area (TPSA) is 105 Å². The van der Waals surface area contributed by atoms with Crippen molar-refractivity contribution in [1.82, 2.24) is 0 Å². The molecule has 0 bridgehead atoms. The zero-order valence-electron chi connectivity index (χ0n) is 26.7. The molecule has 48 heavy (non-hydrogen) atoms. The van der Waals surface area contributed by atoms with Gasteiger partial charge in [0, 0.05) is 16.7 Å². The number of ether oxygens (including phenoxy) is 4. The van der Waals surface area contributed by atoms with Crippen LogP contribution in [-0.4, -0.2) is 44.6 Å². The lowest BCUT2D eigenvalue weighted by atomic mass is 10.0. The molecule has 0 amide bonds. The third kappa shape index (κ3) is 11.9. The molecular formula is C40H44O8. The van der Waals surface area contributed by atoms with Crippen LogP contribution in [0, 0.1) is 0 Å². The molecule has 0 atom stereocenters. The number of hydrogen-bond donors (Lipinski definition) is 0. The summed E-state index contributed by atoms with van der Waals surface area (Å²) >= 11 is 0. The number of carbonyl (C=O) groups excluding carboxylic acids is 4. The standard InChI is InChI=1S/C16H14O4.C13H12O2.C9H10O2.2CH4/c1-11(17)12-4-3-5-13(10-12)16(18)20-15-8-6-14(19-2)7-9-15;1-9(14)10-3-4-12-8-13(15-2)6-5-11(12)7-10;1-7(10)8-3-5-9(11-2)6-4-8;;/h3-10H,1-2H3;3-8H,1-2H3;3-6H,1-2H3;2*1H4. The molecule has 5 aromatic rings. The van der Waals surface area contributed by atoms with E-state index in [1.165, 1.54) is 13.0 Å². The average molecular weight is 653 g/mol. The van der Waals surface area contributed by atoms with Gasteiger partial charge in [0.05, 0.1) is 26.9 Å². The van der Waals surface area contributed by atoms with E-state index in [0.29, 0.717) is 28.2 Å². The molecule has 0 aliphatic rings. The summed E-state index contributed by atoms with van der Waals surface area (Å²) < 4.78 is 20.3. The lowest BCUT2D eigenvalue weighted by Crippen LogP contribution is -2.09. The van der Waals surface area contributed by atoms with Crippen LogP contribution >= 0.6 is 0 Å². The van der Waals surface area contributed by atoms with Gasteiger partial charge in [-0.15, -0.1) is 0 Å². The second-order valence-corrected chi connectivity index (χ2v) is 9.97. The Morgan fingerprint density at radius 1 is 0.417 bits per heavy atom. The summed E-state index contributed by atoms with van der Waals surface area (Å²) in [6.07, 6.45) is 0. The van der Waals surface area contributed by atoms with Crippen LogP contribution in [0.15, 0.2) is 109 Å². The highest BCUT2D eigenvalue weighted by atomic mass is 16.5. The number of methoxy groups -OCH3 is 3. The van der Waals surface area contributed by atoms with Gasteiger partial charge < -0.3 is 18.9 Å². The summed E-state index contributed by atoms with van der Waals surface area (Å²) in [4.78, 5) is 45.3. The van der Waals surface area contributed by atoms with Crippen molar-refractivity contribution in [2.24, 2.45) is 0 Å². The van der Waals surface area contributed by atoms with Gasteiger partial charge in [0.1, 0.15) is 23.0 Å². The summed E-state index contributed by atoms with van der Waals surface area (Å²) in [5.41, 5.74) is 2.28. The Hall–Kier alpha value is -5.76. The molecule has 0 heterocycles. The Bertz CT molecular complexity index is 1810. The summed E-state index contributed by atoms with van der Waals surface area (Å²) in [6.45, 7) is 4.57. The fourth-order valence-electron chi connectivity index (χ4n) is 4.07. The Kier molecular flexibility index (Phi) is 16.5. The number of hydrogen-bond acceptors (Lipinski definition) is 8. The molecule has 0 saturated carbocycles. The van der Waals surface area contributed by atoms with Gasteiger partial charge >= 0.3 is 5.97 Å². The van der Waals surface area contributed by atoms with E-state index < -0.39 is 5.97 Å². The van der Waals surface area contributed by atoms with Crippen molar-refractivity contribution in [2.45, 2.75) is 35.6 Å². The van der Waals surface area contributed by atoms with E-state index >= 15 is 0 Å². The Morgan fingerprint density at radius 3 is 1.33 bits per heavy atom. The first-order valence-electron chi connectivity index (χ1n) is 14.3. The molecule has 8 nitrogen and oxygen atoms in total. The second-order valence-electron chi connectivity index (χ2n) is 9.97. The molecule has 252 valence electrons. The predicted octanol–water partition coefficient (Wildman–Crippen LogP) is 9.34. The van der Waals surface area contributed by atoms with Gasteiger partial charge in [0.25, 0.3) is 0 Å². The molecule has 5 rings (SSSR count). The predicted molar refractivity (Wildman–Crippen MR) is 191 cm³/mol. The maximum Gasteiger partial charge on any atom is 0.343 e. The van der Waals surface area contributed by atoms with Crippen LogP contribution < -0.4 is 18.9 Å². The molecule has 0 saturated heterocycles. The van der Waals surface area contributed by atoms with Crippen LogP contribution in [0.25, 0.3) is 10.8 Å². The Morgan fingerprint density at radius 2 is 0.812 bits per heavy atom. The van der Waals surface area contributed by atoms with Gasteiger partial charge in [-0.3, -0.25) is 14.4 Å². The van der Waals surface area contributed by atoms with Crippen molar-refractivity contribution in [1.29, 1.82) is 0 Å². The summed E-state index contributed by atoms with van der Waals surface area (Å²) in [5, 5.41) is 2.14. The van der Waals surface area contributed by atoms with Crippen molar-refractivity contribution in [2.75, 3.05) is 21.3 Å². The third-order valence-electron chi connectivity index (χ3n) is 6.73. The Balaban J connectivity index is 0.000000368. The molecular weight excluding hydrogens is 608 g/mol. The number of ketones is 3. The van der Waals surface area contributed by atoms with Crippen molar-refractivity contribution >= 4 is 34.1 Å². The number of benzene rings is 5. The van der Waals surface area contributed by atoms with Gasteiger partial charge in [-0.25, -0.2) is 4.79 Å². The fourth-order valence-corrected chi connectivity index (χ4v) is 4.07. The van der Waals surface area contributed by atoms with Crippen LogP contribution in [0.4, 0.5) is 0 Å². The minimum atomic E-state index is -0.502. The van der Waals surface area contributed by atoms with Crippen LogP contribution in [0.2, 0.25) is 0 Å². The molecule has 8 heteroatoms. The highest BCUT2D eigenvalue weighted by Gasteiger charge is 2.11. The second kappa shape index (κ2) is 19.7. The van der Waals surface area contributed by atoms with Gasteiger partial charge in [-0.05, 0) is 110 Å². The number of Topliss-reactive ketones (excluding diaryl/α,β-unsaturated/α-hetero) is 3. The van der Waals surface area contributed by atoms with Crippen LogP contribution in [-0.2, 0) is 0 Å². The highest BCUT2D eigenvalue weighted by Crippen LogP contribution is 2.22. The fraction of sp³-hybridized carbons (Fsp3) is 0.200. The van der Waals surface area contributed by atoms with Crippen LogP contribution in [0.5, 0.6) is 23.0 Å². The molecule has 0 spiro atoms. The molecule has 0 aliphatic carbocycles. The minimum absolute atomic E-state index is 0. The Labute approximate surface area is 283 Å². The average Bonchev–Trinajstić information content (AvgIpc) is 3.08. The van der Waals surface area contributed by atoms with E-state index in [9.17, 15) is 19.2 Å². The van der Waals surface area contributed by atoms with Gasteiger partial charge in [0.2, 0.25) is 0 Å². The van der Waals surface area contributed by atoms with Crippen molar-refractivity contribution in [3.8, 4) is 23.0 Å². The lowest BCUT2D eigenvalue weighted by Gasteiger charge is -2.06. The van der Waals surface area contributed by atoms with Gasteiger partial charge in [-0.2, -0.15) is 0 Å². The molecule has 0 aliphatic heterocycles. The highest BCUT2D eigenvalue weighted by molar-refractivity contribution is 5.99. The van der Waals surface area contributed by atoms with E-state index in [4.69, 9.17) is 18.9 Å². The molecule has 5 aromatic carbocycles. The van der Waals surface area contributed by atoms with Crippen LogP contribution in [0.3, 0.4) is 0 Å². The van der Waals surface area contributed by atoms with E-state index in [2.05, 4.69) is 0 Å². The van der Waals surface area contributed by atoms with E-state index in [1.807, 2.05) is 36.4 Å². The first kappa shape index (κ1) is 40.3. The maximum atomic E-state index is 12.0. The first-order chi connectivity index (χ1) is 22.0. The normalized spacial score (nSPS) is 9.46. The van der Waals surface area contributed by atoms with Gasteiger partial charge in [0.15, 0.2) is 17.3 Å². The molecule has 0 N–H and O–H groups in total. The molecule has 0 radical (unpaired) electrons. The van der Waals surface area contributed by atoms with E-state index in [1.54, 1.807) is 102 Å². The SMILES string of the molecule is C.C.COc1ccc(C(C)=O)cc1.COc1ccc(OC(=O)c2cccc(C(C)=O)c2)cc1.COc1ccc2cc(C(C)=O)ccc2c1. The number of esters is 1. The van der Waals surface area contributed by atoms with Gasteiger partial charge in [-0.1, -0.05) is 45.2 Å². The minimum Gasteiger partial charge on any atom is -0.497 e. The summed E-state index contributed by atoms with van der Waals surface area (Å²) in [5.74, 6) is 2.28. The molecule has 0 aromatic heterocycles. The van der Waals surface area contributed by atoms with Crippen LogP contribution in [0.1, 0.15) is 77.1 Å². The van der Waals surface area contributed by atoms with E-state index in [-0.39, 0.29) is 32.2 Å². The molecule has 0 unspecified atom stereocenters. The quantitative estimate of drug-likeness (QED) is 0.0928. The third-order valence-corrected chi connectivity index (χ3v) is 6.73. The first-order valence-corrected chi connectivity index (χ1v) is 14.3.